The molecule has 2 rings (SSSR count). The first-order chi connectivity index (χ1) is 11.2. The van der Waals surface area contributed by atoms with Crippen molar-refractivity contribution in [2.45, 2.75) is 39.2 Å². The second-order valence-electron chi connectivity index (χ2n) is 6.62. The standard InChI is InChI=1S/C19H21Cl2NO2/c1-12(18(23)22-17-15(20)6-5-7-16(17)21)24-14-10-8-13(9-11-14)19(2,3)4/h5-12H,1-4H3,(H,22,23)/t12-/m0/s1. The van der Waals surface area contributed by atoms with Gasteiger partial charge in [0.1, 0.15) is 5.75 Å². The van der Waals surface area contributed by atoms with Gasteiger partial charge in [-0.3, -0.25) is 4.79 Å². The molecule has 1 atom stereocenters. The Labute approximate surface area is 152 Å². The summed E-state index contributed by atoms with van der Waals surface area (Å²) in [6.07, 6.45) is -0.683. The summed E-state index contributed by atoms with van der Waals surface area (Å²) in [4.78, 5) is 12.3. The van der Waals surface area contributed by atoms with E-state index in [4.69, 9.17) is 27.9 Å². The molecule has 0 saturated carbocycles. The van der Waals surface area contributed by atoms with Gasteiger partial charge >= 0.3 is 0 Å². The monoisotopic (exact) mass is 365 g/mol. The first-order valence-electron chi connectivity index (χ1n) is 7.70. The van der Waals surface area contributed by atoms with Crippen molar-refractivity contribution in [3.63, 3.8) is 0 Å². The van der Waals surface area contributed by atoms with Crippen LogP contribution in [0.1, 0.15) is 33.3 Å². The highest BCUT2D eigenvalue weighted by molar-refractivity contribution is 6.39. The van der Waals surface area contributed by atoms with Crippen LogP contribution >= 0.6 is 23.2 Å². The SMILES string of the molecule is C[C@H](Oc1ccc(C(C)(C)C)cc1)C(=O)Nc1c(Cl)cccc1Cl. The van der Waals surface area contributed by atoms with Crippen molar-refractivity contribution in [2.24, 2.45) is 0 Å². The van der Waals surface area contributed by atoms with Gasteiger partial charge in [0.15, 0.2) is 6.10 Å². The number of benzene rings is 2. The van der Waals surface area contributed by atoms with Crippen molar-refractivity contribution in [1.29, 1.82) is 0 Å². The van der Waals surface area contributed by atoms with Gasteiger partial charge in [0.2, 0.25) is 0 Å². The first-order valence-corrected chi connectivity index (χ1v) is 8.46. The minimum Gasteiger partial charge on any atom is -0.481 e. The number of nitrogens with one attached hydrogen (secondary N) is 1. The number of rotatable bonds is 4. The van der Waals surface area contributed by atoms with Gasteiger partial charge in [-0.05, 0) is 42.2 Å². The van der Waals surface area contributed by atoms with Gasteiger partial charge in [-0.1, -0.05) is 62.2 Å². The molecule has 0 aliphatic heterocycles. The number of hydrogen-bond acceptors (Lipinski definition) is 2. The molecule has 0 aromatic heterocycles. The summed E-state index contributed by atoms with van der Waals surface area (Å²) in [7, 11) is 0. The lowest BCUT2D eigenvalue weighted by Crippen LogP contribution is -2.30. The summed E-state index contributed by atoms with van der Waals surface area (Å²) < 4.78 is 5.70. The molecule has 3 nitrogen and oxygen atoms in total. The lowest BCUT2D eigenvalue weighted by Gasteiger charge is -2.20. The maximum absolute atomic E-state index is 12.3. The van der Waals surface area contributed by atoms with E-state index >= 15 is 0 Å². The molecule has 0 unspecified atom stereocenters. The molecule has 24 heavy (non-hydrogen) atoms. The number of hydrogen-bond donors (Lipinski definition) is 1. The van der Waals surface area contributed by atoms with E-state index in [0.29, 0.717) is 21.5 Å². The molecule has 2 aromatic rings. The predicted molar refractivity (Wildman–Crippen MR) is 100 cm³/mol. The van der Waals surface area contributed by atoms with Gasteiger partial charge in [0.05, 0.1) is 15.7 Å². The number of para-hydroxylation sites is 1. The highest BCUT2D eigenvalue weighted by Gasteiger charge is 2.18. The number of halogens is 2. The molecule has 0 spiro atoms. The van der Waals surface area contributed by atoms with Crippen molar-refractivity contribution in [3.8, 4) is 5.75 Å². The van der Waals surface area contributed by atoms with E-state index in [-0.39, 0.29) is 11.3 Å². The maximum Gasteiger partial charge on any atom is 0.265 e. The van der Waals surface area contributed by atoms with E-state index in [0.717, 1.165) is 0 Å². The second kappa shape index (κ2) is 7.45. The largest absolute Gasteiger partial charge is 0.481 e. The Balaban J connectivity index is 2.04. The summed E-state index contributed by atoms with van der Waals surface area (Å²) in [5.41, 5.74) is 1.67. The summed E-state index contributed by atoms with van der Waals surface area (Å²) in [6, 6.07) is 12.8. The normalized spacial score (nSPS) is 12.6. The van der Waals surface area contributed by atoms with Crippen molar-refractivity contribution in [3.05, 3.63) is 58.1 Å². The number of carbonyl (C=O) groups excluding carboxylic acids is 1. The van der Waals surface area contributed by atoms with E-state index in [1.165, 1.54) is 5.56 Å². The van der Waals surface area contributed by atoms with Gasteiger partial charge < -0.3 is 10.1 Å². The van der Waals surface area contributed by atoms with Gasteiger partial charge in [-0.15, -0.1) is 0 Å². The van der Waals surface area contributed by atoms with Crippen molar-refractivity contribution < 1.29 is 9.53 Å². The Bertz CT molecular complexity index is 701. The third kappa shape index (κ3) is 4.65. The average molecular weight is 366 g/mol. The number of amides is 1. The topological polar surface area (TPSA) is 38.3 Å². The maximum atomic E-state index is 12.3. The van der Waals surface area contributed by atoms with E-state index in [1.54, 1.807) is 25.1 Å². The van der Waals surface area contributed by atoms with Crippen LogP contribution in [0.25, 0.3) is 0 Å². The third-order valence-corrected chi connectivity index (χ3v) is 4.24. The number of anilines is 1. The van der Waals surface area contributed by atoms with Crippen LogP contribution in [-0.2, 0) is 10.2 Å². The van der Waals surface area contributed by atoms with Crippen LogP contribution in [0.15, 0.2) is 42.5 Å². The smallest absolute Gasteiger partial charge is 0.265 e. The van der Waals surface area contributed by atoms with Gasteiger partial charge in [0, 0.05) is 0 Å². The van der Waals surface area contributed by atoms with E-state index in [2.05, 4.69) is 26.1 Å². The quantitative estimate of drug-likeness (QED) is 0.754. The van der Waals surface area contributed by atoms with Crippen molar-refractivity contribution in [2.75, 3.05) is 5.32 Å². The Morgan fingerprint density at radius 3 is 2.08 bits per heavy atom. The molecule has 128 valence electrons. The zero-order valence-electron chi connectivity index (χ0n) is 14.2. The molecular weight excluding hydrogens is 345 g/mol. The van der Waals surface area contributed by atoms with Crippen LogP contribution < -0.4 is 10.1 Å². The highest BCUT2D eigenvalue weighted by atomic mass is 35.5. The molecule has 1 amide bonds. The zero-order chi connectivity index (χ0) is 17.9. The van der Waals surface area contributed by atoms with Crippen LogP contribution in [0.5, 0.6) is 5.75 Å². The van der Waals surface area contributed by atoms with E-state index < -0.39 is 6.10 Å². The minimum atomic E-state index is -0.683. The molecule has 0 radical (unpaired) electrons. The highest BCUT2D eigenvalue weighted by Crippen LogP contribution is 2.30. The van der Waals surface area contributed by atoms with Gasteiger partial charge in [0.25, 0.3) is 5.91 Å². The van der Waals surface area contributed by atoms with Crippen LogP contribution in [0.2, 0.25) is 10.0 Å². The van der Waals surface area contributed by atoms with E-state index in [1.807, 2.05) is 24.3 Å². The number of carbonyl (C=O) groups is 1. The Morgan fingerprint density at radius 1 is 1.04 bits per heavy atom. The fraction of sp³-hybridized carbons (Fsp3) is 0.316. The van der Waals surface area contributed by atoms with Crippen LogP contribution in [0.4, 0.5) is 5.69 Å². The van der Waals surface area contributed by atoms with Crippen LogP contribution in [0.3, 0.4) is 0 Å². The molecule has 0 bridgehead atoms. The van der Waals surface area contributed by atoms with Crippen LogP contribution in [0, 0.1) is 0 Å². The summed E-state index contributed by atoms with van der Waals surface area (Å²) in [6.45, 7) is 8.11. The zero-order valence-corrected chi connectivity index (χ0v) is 15.7. The van der Waals surface area contributed by atoms with Crippen molar-refractivity contribution in [1.82, 2.24) is 0 Å². The molecule has 0 fully saturated rings. The van der Waals surface area contributed by atoms with Gasteiger partial charge in [-0.25, -0.2) is 0 Å². The fourth-order valence-electron chi connectivity index (χ4n) is 2.13. The minimum absolute atomic E-state index is 0.0718. The third-order valence-electron chi connectivity index (χ3n) is 3.61. The first kappa shape index (κ1) is 18.6. The predicted octanol–water partition coefficient (Wildman–Crippen LogP) is 5.70. The van der Waals surface area contributed by atoms with Crippen LogP contribution in [-0.4, -0.2) is 12.0 Å². The molecule has 0 saturated heterocycles. The molecule has 1 N–H and O–H groups in total. The van der Waals surface area contributed by atoms with E-state index in [9.17, 15) is 4.79 Å². The van der Waals surface area contributed by atoms with Gasteiger partial charge in [-0.2, -0.15) is 0 Å². The van der Waals surface area contributed by atoms with Crippen molar-refractivity contribution >= 4 is 34.8 Å². The Kier molecular flexibility index (Phi) is 5.79. The lowest BCUT2D eigenvalue weighted by molar-refractivity contribution is -0.122. The molecular formula is C19H21Cl2NO2. The second-order valence-corrected chi connectivity index (χ2v) is 7.43. The fourth-order valence-corrected chi connectivity index (χ4v) is 2.63. The lowest BCUT2D eigenvalue weighted by atomic mass is 9.87. The molecule has 0 aliphatic rings. The molecule has 5 heteroatoms. The average Bonchev–Trinajstić information content (AvgIpc) is 2.50. The summed E-state index contributed by atoms with van der Waals surface area (Å²) >= 11 is 12.1. The molecule has 0 aliphatic carbocycles. The summed E-state index contributed by atoms with van der Waals surface area (Å²) in [5.74, 6) is 0.320. The molecule has 2 aromatic carbocycles. The Hall–Kier alpha value is -1.71. The number of ether oxygens (including phenoxy) is 1. The Morgan fingerprint density at radius 2 is 1.58 bits per heavy atom. The molecule has 0 heterocycles. The summed E-state index contributed by atoms with van der Waals surface area (Å²) in [5, 5.41) is 3.48.